The van der Waals surface area contributed by atoms with E-state index in [0.717, 1.165) is 5.69 Å². The molecule has 7 aromatic carbocycles. The van der Waals surface area contributed by atoms with Crippen LogP contribution in [-0.4, -0.2) is 0 Å². The predicted molar refractivity (Wildman–Crippen MR) is 218 cm³/mol. The van der Waals surface area contributed by atoms with Gasteiger partial charge in [-0.3, -0.25) is 0 Å². The average Bonchev–Trinajstić information content (AvgIpc) is 3.47. The number of aryl methyl sites for hydroxylation is 4. The zero-order chi connectivity index (χ0) is 35.4. The lowest BCUT2D eigenvalue weighted by Crippen LogP contribution is -2.18. The third-order valence-corrected chi connectivity index (χ3v) is 11.8. The molecule has 0 amide bonds. The summed E-state index contributed by atoms with van der Waals surface area (Å²) in [7, 11) is 0. The van der Waals surface area contributed by atoms with E-state index < -0.39 is 0 Å². The lowest BCUT2D eigenvalue weighted by molar-refractivity contribution is 0.659. The summed E-state index contributed by atoms with van der Waals surface area (Å²) in [5, 5.41) is 2.53. The van der Waals surface area contributed by atoms with E-state index in [1.54, 1.807) is 0 Å². The maximum Gasteiger partial charge on any atom is 0.0546 e. The van der Waals surface area contributed by atoms with E-state index in [4.69, 9.17) is 0 Å². The Morgan fingerprint density at radius 1 is 0.392 bits per heavy atom. The van der Waals surface area contributed by atoms with Gasteiger partial charge < -0.3 is 4.90 Å². The molecule has 51 heavy (non-hydrogen) atoms. The van der Waals surface area contributed by atoms with Gasteiger partial charge in [0, 0.05) is 27.6 Å². The van der Waals surface area contributed by atoms with Gasteiger partial charge in [0.05, 0.1) is 11.4 Å². The lowest BCUT2D eigenvalue weighted by Gasteiger charge is -2.32. The lowest BCUT2D eigenvalue weighted by atomic mass is 9.81. The summed E-state index contributed by atoms with van der Waals surface area (Å²) in [5.74, 6) is 0. The first-order chi connectivity index (χ1) is 24.4. The standard InChI is InChI=1S/C50H45N/c1-30-13-21-39-41(23-30)49(5,6)43-25-32(3)27-45(47(39)43)51(38-19-17-35(18-20-38)37-16-15-34-11-9-10-12-36(34)29-37)46-28-33(4)26-44-48(46)40-22-14-31(2)24-42(40)50(44,7)8/h9-29H,1-8H3. The molecule has 2 aliphatic rings. The van der Waals surface area contributed by atoms with Gasteiger partial charge in [-0.15, -0.1) is 0 Å². The molecule has 0 saturated carbocycles. The SMILES string of the molecule is Cc1ccc2c(c1)C(C)(C)c1cc(C)cc(N(c3ccc(-c4ccc5ccccc5c4)cc3)c3cc(C)cc4c3-c3ccc(C)cc3C4(C)C)c1-2. The van der Waals surface area contributed by atoms with Crippen molar-refractivity contribution in [3.05, 3.63) is 172 Å². The summed E-state index contributed by atoms with van der Waals surface area (Å²) in [6, 6.07) is 48.5. The van der Waals surface area contributed by atoms with Crippen LogP contribution in [0.5, 0.6) is 0 Å². The molecule has 0 N–H and O–H groups in total. The van der Waals surface area contributed by atoms with Crippen molar-refractivity contribution < 1.29 is 0 Å². The predicted octanol–water partition coefficient (Wildman–Crippen LogP) is 13.8. The molecule has 0 fully saturated rings. The third kappa shape index (κ3) is 4.75. The Balaban J connectivity index is 1.33. The number of hydrogen-bond acceptors (Lipinski definition) is 1. The molecule has 0 heterocycles. The van der Waals surface area contributed by atoms with Crippen molar-refractivity contribution in [3.63, 3.8) is 0 Å². The molecule has 0 atom stereocenters. The Kier molecular flexibility index (Phi) is 6.84. The van der Waals surface area contributed by atoms with E-state index >= 15 is 0 Å². The average molecular weight is 660 g/mol. The summed E-state index contributed by atoms with van der Waals surface area (Å²) in [6.07, 6.45) is 0. The number of fused-ring (bicyclic) bond motifs is 7. The van der Waals surface area contributed by atoms with Crippen LogP contribution in [0.4, 0.5) is 17.1 Å². The smallest absolute Gasteiger partial charge is 0.0546 e. The molecule has 0 saturated heterocycles. The van der Waals surface area contributed by atoms with Crippen LogP contribution >= 0.6 is 0 Å². The van der Waals surface area contributed by atoms with E-state index in [-0.39, 0.29) is 10.8 Å². The first kappa shape index (κ1) is 31.6. The third-order valence-electron chi connectivity index (χ3n) is 11.8. The van der Waals surface area contributed by atoms with E-state index in [2.05, 4.69) is 188 Å². The molecule has 0 aromatic heterocycles. The number of anilines is 3. The van der Waals surface area contributed by atoms with Crippen molar-refractivity contribution in [2.75, 3.05) is 4.90 Å². The Bertz CT molecular complexity index is 2440. The van der Waals surface area contributed by atoms with Crippen molar-refractivity contribution >= 4 is 27.8 Å². The molecular formula is C50H45N. The molecule has 2 aliphatic carbocycles. The minimum atomic E-state index is -0.107. The highest BCUT2D eigenvalue weighted by Gasteiger charge is 2.41. The fraction of sp³-hybridized carbons (Fsp3) is 0.200. The fourth-order valence-electron chi connectivity index (χ4n) is 9.10. The van der Waals surface area contributed by atoms with Crippen LogP contribution in [0.15, 0.2) is 127 Å². The van der Waals surface area contributed by atoms with Crippen LogP contribution in [0, 0.1) is 27.7 Å². The van der Waals surface area contributed by atoms with E-state index in [1.807, 2.05) is 0 Å². The number of nitrogens with zero attached hydrogens (tertiary/aromatic N) is 1. The normalized spacial score (nSPS) is 14.6. The van der Waals surface area contributed by atoms with E-state index in [1.165, 1.54) is 100 Å². The van der Waals surface area contributed by atoms with Crippen molar-refractivity contribution in [3.8, 4) is 33.4 Å². The van der Waals surface area contributed by atoms with Gasteiger partial charge in [-0.2, -0.15) is 0 Å². The quantitative estimate of drug-likeness (QED) is 0.182. The van der Waals surface area contributed by atoms with Crippen molar-refractivity contribution in [1.82, 2.24) is 0 Å². The second kappa shape index (κ2) is 11.0. The van der Waals surface area contributed by atoms with Crippen LogP contribution in [0.2, 0.25) is 0 Å². The fourth-order valence-corrected chi connectivity index (χ4v) is 9.10. The molecule has 250 valence electrons. The summed E-state index contributed by atoms with van der Waals surface area (Å²) in [5.41, 5.74) is 22.0. The van der Waals surface area contributed by atoms with Gasteiger partial charge in [-0.05, 0) is 124 Å². The van der Waals surface area contributed by atoms with Crippen molar-refractivity contribution in [2.24, 2.45) is 0 Å². The molecule has 0 radical (unpaired) electrons. The first-order valence-corrected chi connectivity index (χ1v) is 18.3. The molecule has 0 aliphatic heterocycles. The van der Waals surface area contributed by atoms with Crippen LogP contribution in [0.3, 0.4) is 0 Å². The highest BCUT2D eigenvalue weighted by Crippen LogP contribution is 2.58. The second-order valence-corrected chi connectivity index (χ2v) is 16.2. The minimum absolute atomic E-state index is 0.107. The number of hydrogen-bond donors (Lipinski definition) is 0. The second-order valence-electron chi connectivity index (χ2n) is 16.2. The van der Waals surface area contributed by atoms with Crippen molar-refractivity contribution in [2.45, 2.75) is 66.2 Å². The molecule has 0 bridgehead atoms. The van der Waals surface area contributed by atoms with Gasteiger partial charge in [-0.1, -0.05) is 136 Å². The van der Waals surface area contributed by atoms with Crippen LogP contribution in [0.1, 0.15) is 72.2 Å². The monoisotopic (exact) mass is 659 g/mol. The van der Waals surface area contributed by atoms with E-state index in [9.17, 15) is 0 Å². The molecule has 1 heteroatoms. The minimum Gasteiger partial charge on any atom is -0.309 e. The van der Waals surface area contributed by atoms with Gasteiger partial charge in [0.25, 0.3) is 0 Å². The number of rotatable bonds is 4. The zero-order valence-electron chi connectivity index (χ0n) is 31.1. The molecule has 7 aromatic rings. The molecule has 0 spiro atoms. The first-order valence-electron chi connectivity index (χ1n) is 18.3. The largest absolute Gasteiger partial charge is 0.309 e. The number of benzene rings is 7. The summed E-state index contributed by atoms with van der Waals surface area (Å²) >= 11 is 0. The van der Waals surface area contributed by atoms with Crippen LogP contribution in [0.25, 0.3) is 44.2 Å². The Morgan fingerprint density at radius 2 is 0.863 bits per heavy atom. The maximum absolute atomic E-state index is 2.58. The highest BCUT2D eigenvalue weighted by molar-refractivity contribution is 6.01. The molecule has 1 nitrogen and oxygen atoms in total. The molecule has 0 unspecified atom stereocenters. The van der Waals surface area contributed by atoms with E-state index in [0.29, 0.717) is 0 Å². The van der Waals surface area contributed by atoms with Gasteiger partial charge in [0.2, 0.25) is 0 Å². The summed E-state index contributed by atoms with van der Waals surface area (Å²) in [4.78, 5) is 2.58. The van der Waals surface area contributed by atoms with Crippen LogP contribution < -0.4 is 4.90 Å². The van der Waals surface area contributed by atoms with Gasteiger partial charge in [0.15, 0.2) is 0 Å². The molecular weight excluding hydrogens is 615 g/mol. The Labute approximate surface area is 303 Å². The van der Waals surface area contributed by atoms with Gasteiger partial charge in [0.1, 0.15) is 0 Å². The maximum atomic E-state index is 2.58. The van der Waals surface area contributed by atoms with Gasteiger partial charge in [-0.25, -0.2) is 0 Å². The van der Waals surface area contributed by atoms with Crippen LogP contribution in [-0.2, 0) is 10.8 Å². The van der Waals surface area contributed by atoms with Gasteiger partial charge >= 0.3 is 0 Å². The molecule has 9 rings (SSSR count). The Morgan fingerprint density at radius 3 is 1.39 bits per heavy atom. The topological polar surface area (TPSA) is 3.24 Å². The summed E-state index contributed by atoms with van der Waals surface area (Å²) in [6.45, 7) is 18.5. The zero-order valence-corrected chi connectivity index (χ0v) is 31.1. The van der Waals surface area contributed by atoms with Crippen molar-refractivity contribution in [1.29, 1.82) is 0 Å². The Hall–Kier alpha value is -5.40. The summed E-state index contributed by atoms with van der Waals surface area (Å²) < 4.78 is 0. The highest BCUT2D eigenvalue weighted by atomic mass is 15.1.